The molecule has 2 nitrogen and oxygen atoms in total. The lowest BCUT2D eigenvalue weighted by Crippen LogP contribution is -2.32. The van der Waals surface area contributed by atoms with Crippen molar-refractivity contribution in [3.05, 3.63) is 29.3 Å². The van der Waals surface area contributed by atoms with Gasteiger partial charge in [-0.3, -0.25) is 0 Å². The van der Waals surface area contributed by atoms with E-state index < -0.39 is 0 Å². The molecule has 0 spiro atoms. The summed E-state index contributed by atoms with van der Waals surface area (Å²) in [6.07, 6.45) is 4.39. The summed E-state index contributed by atoms with van der Waals surface area (Å²) < 4.78 is 5.98. The van der Waals surface area contributed by atoms with Crippen molar-refractivity contribution in [1.82, 2.24) is 0 Å². The molecule has 92 valence electrons. The van der Waals surface area contributed by atoms with Gasteiger partial charge in [0.2, 0.25) is 0 Å². The number of rotatable bonds is 2. The van der Waals surface area contributed by atoms with E-state index in [-0.39, 0.29) is 17.6 Å². The average Bonchev–Trinajstić information content (AvgIpc) is 3.08. The zero-order chi connectivity index (χ0) is 12.1. The fraction of sp³-hybridized carbons (Fsp3) is 0.600. The second kappa shape index (κ2) is 3.49. The highest BCUT2D eigenvalue weighted by atomic mass is 16.5. The summed E-state index contributed by atoms with van der Waals surface area (Å²) >= 11 is 0. The summed E-state index contributed by atoms with van der Waals surface area (Å²) in [5.74, 6) is 1.03. The summed E-state index contributed by atoms with van der Waals surface area (Å²) in [6, 6.07) is 6.46. The number of benzene rings is 1. The van der Waals surface area contributed by atoms with E-state index in [1.165, 1.54) is 11.1 Å². The predicted molar refractivity (Wildman–Crippen MR) is 67.5 cm³/mol. The lowest BCUT2D eigenvalue weighted by molar-refractivity contribution is 0.0846. The molecule has 1 saturated carbocycles. The minimum absolute atomic E-state index is 0.0389. The van der Waals surface area contributed by atoms with Crippen molar-refractivity contribution >= 4 is 0 Å². The normalized spacial score (nSPS) is 23.7. The van der Waals surface area contributed by atoms with E-state index in [2.05, 4.69) is 32.0 Å². The average molecular weight is 232 g/mol. The van der Waals surface area contributed by atoms with E-state index in [0.717, 1.165) is 31.4 Å². The molecule has 0 saturated heterocycles. The van der Waals surface area contributed by atoms with E-state index in [9.17, 15) is 5.11 Å². The van der Waals surface area contributed by atoms with Crippen LogP contribution in [-0.2, 0) is 11.8 Å². The van der Waals surface area contributed by atoms with Gasteiger partial charge in [-0.25, -0.2) is 0 Å². The van der Waals surface area contributed by atoms with Crippen LogP contribution in [0.3, 0.4) is 0 Å². The lowest BCUT2D eigenvalue weighted by atomic mass is 9.89. The first-order valence-corrected chi connectivity index (χ1v) is 6.48. The van der Waals surface area contributed by atoms with E-state index >= 15 is 0 Å². The van der Waals surface area contributed by atoms with E-state index in [4.69, 9.17) is 4.74 Å². The van der Waals surface area contributed by atoms with Crippen LogP contribution in [0.15, 0.2) is 18.2 Å². The van der Waals surface area contributed by atoms with Crippen LogP contribution >= 0.6 is 0 Å². The molecule has 1 heterocycles. The van der Waals surface area contributed by atoms with Gasteiger partial charge in [-0.1, -0.05) is 12.1 Å². The molecule has 3 rings (SSSR count). The number of aliphatic hydroxyl groups is 1. The van der Waals surface area contributed by atoms with Gasteiger partial charge in [0.1, 0.15) is 11.4 Å². The van der Waals surface area contributed by atoms with Crippen LogP contribution in [0.5, 0.6) is 5.75 Å². The smallest absolute Gasteiger partial charge is 0.123 e. The molecule has 0 bridgehead atoms. The van der Waals surface area contributed by atoms with Crippen molar-refractivity contribution in [2.24, 2.45) is 0 Å². The number of aryl methyl sites for hydroxylation is 1. The number of hydrogen-bond acceptors (Lipinski definition) is 2. The van der Waals surface area contributed by atoms with Gasteiger partial charge in [-0.15, -0.1) is 0 Å². The van der Waals surface area contributed by atoms with Crippen molar-refractivity contribution in [1.29, 1.82) is 0 Å². The quantitative estimate of drug-likeness (QED) is 0.849. The minimum atomic E-state index is -0.0389. The SMILES string of the molecule is CC1(C)CCc2cc(C3(CO)CC3)ccc2O1. The van der Waals surface area contributed by atoms with Gasteiger partial charge in [-0.2, -0.15) is 0 Å². The topological polar surface area (TPSA) is 29.5 Å². The molecule has 1 aromatic rings. The zero-order valence-electron chi connectivity index (χ0n) is 10.6. The van der Waals surface area contributed by atoms with Crippen LogP contribution in [0.2, 0.25) is 0 Å². The number of ether oxygens (including phenoxy) is 1. The van der Waals surface area contributed by atoms with Crippen LogP contribution in [0.4, 0.5) is 0 Å². The first-order chi connectivity index (χ1) is 8.05. The standard InChI is InChI=1S/C15H20O2/c1-14(2)6-5-11-9-12(3-4-13(11)17-14)15(10-16)7-8-15/h3-4,9,16H,5-8,10H2,1-2H3. The Labute approximate surface area is 103 Å². The van der Waals surface area contributed by atoms with Crippen LogP contribution in [0.1, 0.15) is 44.2 Å². The highest BCUT2D eigenvalue weighted by molar-refractivity contribution is 5.44. The largest absolute Gasteiger partial charge is 0.488 e. The molecule has 0 aromatic heterocycles. The van der Waals surface area contributed by atoms with Gasteiger partial charge >= 0.3 is 0 Å². The number of fused-ring (bicyclic) bond motifs is 1. The summed E-state index contributed by atoms with van der Waals surface area (Å²) in [4.78, 5) is 0. The Morgan fingerprint density at radius 1 is 1.24 bits per heavy atom. The Morgan fingerprint density at radius 2 is 2.00 bits per heavy atom. The van der Waals surface area contributed by atoms with Gasteiger partial charge in [0.25, 0.3) is 0 Å². The van der Waals surface area contributed by atoms with Crippen LogP contribution in [0, 0.1) is 0 Å². The van der Waals surface area contributed by atoms with Crippen molar-refractivity contribution < 1.29 is 9.84 Å². The van der Waals surface area contributed by atoms with Gasteiger partial charge in [0, 0.05) is 5.41 Å². The molecule has 2 heteroatoms. The maximum absolute atomic E-state index is 9.47. The fourth-order valence-corrected chi connectivity index (χ4v) is 2.68. The molecule has 1 N–H and O–H groups in total. The van der Waals surface area contributed by atoms with E-state index in [1.54, 1.807) is 0 Å². The first-order valence-electron chi connectivity index (χ1n) is 6.48. The molecule has 17 heavy (non-hydrogen) atoms. The lowest BCUT2D eigenvalue weighted by Gasteiger charge is -2.33. The molecule has 0 atom stereocenters. The molecule has 0 amide bonds. The summed E-state index contributed by atoms with van der Waals surface area (Å²) in [5.41, 5.74) is 2.63. The molecule has 1 aromatic carbocycles. The zero-order valence-corrected chi connectivity index (χ0v) is 10.6. The third kappa shape index (κ3) is 1.85. The van der Waals surface area contributed by atoms with Crippen LogP contribution in [0.25, 0.3) is 0 Å². The Hall–Kier alpha value is -1.02. The highest BCUT2D eigenvalue weighted by Crippen LogP contribution is 2.49. The number of aliphatic hydroxyl groups excluding tert-OH is 1. The van der Waals surface area contributed by atoms with E-state index in [1.807, 2.05) is 0 Å². The Kier molecular flexibility index (Phi) is 2.27. The van der Waals surface area contributed by atoms with Crippen molar-refractivity contribution in [2.75, 3.05) is 6.61 Å². The summed E-state index contributed by atoms with van der Waals surface area (Å²) in [6.45, 7) is 4.55. The molecular formula is C15H20O2. The highest BCUT2D eigenvalue weighted by Gasteiger charge is 2.44. The molecule has 0 radical (unpaired) electrons. The summed E-state index contributed by atoms with van der Waals surface area (Å²) in [5, 5.41) is 9.47. The molecule has 0 unspecified atom stereocenters. The minimum Gasteiger partial charge on any atom is -0.488 e. The first kappa shape index (κ1) is 11.1. The van der Waals surface area contributed by atoms with Gasteiger partial charge in [0.15, 0.2) is 0 Å². The molecule has 1 aliphatic heterocycles. The monoisotopic (exact) mass is 232 g/mol. The van der Waals surface area contributed by atoms with Gasteiger partial charge < -0.3 is 9.84 Å². The van der Waals surface area contributed by atoms with Crippen molar-refractivity contribution in [3.8, 4) is 5.75 Å². The Balaban J connectivity index is 1.93. The predicted octanol–water partition coefficient (Wildman–Crippen LogP) is 2.81. The Morgan fingerprint density at radius 3 is 2.65 bits per heavy atom. The van der Waals surface area contributed by atoms with Gasteiger partial charge in [0.05, 0.1) is 6.61 Å². The van der Waals surface area contributed by atoms with Crippen LogP contribution in [-0.4, -0.2) is 17.3 Å². The molecule has 1 fully saturated rings. The molecule has 1 aliphatic carbocycles. The fourth-order valence-electron chi connectivity index (χ4n) is 2.68. The Bertz CT molecular complexity index is 444. The third-order valence-corrected chi connectivity index (χ3v) is 4.21. The second-order valence-electron chi connectivity index (χ2n) is 6.12. The van der Waals surface area contributed by atoms with Gasteiger partial charge in [-0.05, 0) is 56.7 Å². The third-order valence-electron chi connectivity index (χ3n) is 4.21. The summed E-state index contributed by atoms with van der Waals surface area (Å²) in [7, 11) is 0. The molecule has 2 aliphatic rings. The van der Waals surface area contributed by atoms with E-state index in [0.29, 0.717) is 0 Å². The van der Waals surface area contributed by atoms with Crippen molar-refractivity contribution in [3.63, 3.8) is 0 Å². The molecular weight excluding hydrogens is 212 g/mol. The van der Waals surface area contributed by atoms with Crippen molar-refractivity contribution in [2.45, 2.75) is 50.5 Å². The maximum atomic E-state index is 9.47. The second-order valence-corrected chi connectivity index (χ2v) is 6.12. The number of hydrogen-bond donors (Lipinski definition) is 1. The van der Waals surface area contributed by atoms with Crippen LogP contribution < -0.4 is 4.74 Å². The maximum Gasteiger partial charge on any atom is 0.123 e.